The molecule has 1 fully saturated rings. The molecule has 0 aliphatic carbocycles. The maximum Gasteiger partial charge on any atom is 0.227 e. The Morgan fingerprint density at radius 3 is 2.72 bits per heavy atom. The van der Waals surface area contributed by atoms with Crippen LogP contribution in [0.25, 0.3) is 0 Å². The molecule has 1 amide bonds. The molecular weight excluding hydrogens is 238 g/mol. The van der Waals surface area contributed by atoms with Gasteiger partial charge in [0.05, 0.1) is 5.92 Å². The highest BCUT2D eigenvalue weighted by Crippen LogP contribution is 2.18. The van der Waals surface area contributed by atoms with Crippen molar-refractivity contribution in [2.75, 3.05) is 19.6 Å². The van der Waals surface area contributed by atoms with Crippen LogP contribution in [0.1, 0.15) is 18.4 Å². The second kappa shape index (κ2) is 5.44. The van der Waals surface area contributed by atoms with Crippen LogP contribution in [0.4, 0.5) is 8.78 Å². The fourth-order valence-electron chi connectivity index (χ4n) is 1.82. The molecule has 2 rings (SSSR count). The van der Waals surface area contributed by atoms with Crippen molar-refractivity contribution in [1.29, 1.82) is 0 Å². The van der Waals surface area contributed by atoms with Crippen molar-refractivity contribution in [1.82, 2.24) is 10.6 Å². The van der Waals surface area contributed by atoms with Crippen molar-refractivity contribution in [3.63, 3.8) is 0 Å². The SMILES string of the molecule is CC(C(=O)NCC1CNC1)c1ccc(F)c(F)c1. The van der Waals surface area contributed by atoms with Gasteiger partial charge >= 0.3 is 0 Å². The van der Waals surface area contributed by atoms with Crippen molar-refractivity contribution in [2.45, 2.75) is 12.8 Å². The number of nitrogens with one attached hydrogen (secondary N) is 2. The lowest BCUT2D eigenvalue weighted by atomic mass is 9.99. The summed E-state index contributed by atoms with van der Waals surface area (Å²) in [4.78, 5) is 11.8. The van der Waals surface area contributed by atoms with Gasteiger partial charge in [-0.3, -0.25) is 4.79 Å². The average molecular weight is 254 g/mol. The molecule has 0 radical (unpaired) electrons. The van der Waals surface area contributed by atoms with E-state index in [0.29, 0.717) is 18.0 Å². The fourth-order valence-corrected chi connectivity index (χ4v) is 1.82. The minimum absolute atomic E-state index is 0.159. The Morgan fingerprint density at radius 1 is 1.44 bits per heavy atom. The maximum absolute atomic E-state index is 13.1. The van der Waals surface area contributed by atoms with Gasteiger partial charge in [-0.15, -0.1) is 0 Å². The van der Waals surface area contributed by atoms with Crippen molar-refractivity contribution in [2.24, 2.45) is 5.92 Å². The van der Waals surface area contributed by atoms with Gasteiger partial charge in [-0.05, 0) is 24.6 Å². The molecule has 0 spiro atoms. The van der Waals surface area contributed by atoms with Gasteiger partial charge in [0, 0.05) is 25.6 Å². The lowest BCUT2D eigenvalue weighted by Crippen LogP contribution is -2.48. The predicted octanol–water partition coefficient (Wildman–Crippen LogP) is 1.40. The predicted molar refractivity (Wildman–Crippen MR) is 64.1 cm³/mol. The molecule has 1 aromatic carbocycles. The zero-order valence-corrected chi connectivity index (χ0v) is 10.2. The van der Waals surface area contributed by atoms with E-state index in [1.165, 1.54) is 6.07 Å². The van der Waals surface area contributed by atoms with Crippen molar-refractivity contribution in [3.05, 3.63) is 35.4 Å². The summed E-state index contributed by atoms with van der Waals surface area (Å²) in [6.45, 7) is 4.14. The largest absolute Gasteiger partial charge is 0.355 e. The molecule has 1 aliphatic rings. The molecular formula is C13H16F2N2O. The lowest BCUT2D eigenvalue weighted by Gasteiger charge is -2.27. The summed E-state index contributed by atoms with van der Waals surface area (Å²) in [6.07, 6.45) is 0. The van der Waals surface area contributed by atoms with Crippen molar-refractivity contribution < 1.29 is 13.6 Å². The molecule has 2 N–H and O–H groups in total. The monoisotopic (exact) mass is 254 g/mol. The molecule has 0 saturated carbocycles. The van der Waals surface area contributed by atoms with Crippen LogP contribution in [0.5, 0.6) is 0 Å². The minimum atomic E-state index is -0.921. The fraction of sp³-hybridized carbons (Fsp3) is 0.462. The third kappa shape index (κ3) is 2.85. The molecule has 1 heterocycles. The van der Waals surface area contributed by atoms with E-state index in [-0.39, 0.29) is 5.91 Å². The summed E-state index contributed by atoms with van der Waals surface area (Å²) >= 11 is 0. The number of benzene rings is 1. The minimum Gasteiger partial charge on any atom is -0.355 e. The third-order valence-corrected chi connectivity index (χ3v) is 3.27. The van der Waals surface area contributed by atoms with E-state index in [9.17, 15) is 13.6 Å². The summed E-state index contributed by atoms with van der Waals surface area (Å²) in [5.41, 5.74) is 0.484. The van der Waals surface area contributed by atoms with E-state index >= 15 is 0 Å². The van der Waals surface area contributed by atoms with Crippen molar-refractivity contribution >= 4 is 5.91 Å². The molecule has 1 aromatic rings. The van der Waals surface area contributed by atoms with Gasteiger partial charge < -0.3 is 10.6 Å². The number of carbonyl (C=O) groups excluding carboxylic acids is 1. The van der Waals surface area contributed by atoms with Crippen LogP contribution < -0.4 is 10.6 Å². The van der Waals surface area contributed by atoms with Gasteiger partial charge in [0.15, 0.2) is 11.6 Å². The van der Waals surface area contributed by atoms with Crippen LogP contribution in [-0.4, -0.2) is 25.5 Å². The first kappa shape index (κ1) is 13.0. The molecule has 1 aliphatic heterocycles. The number of rotatable bonds is 4. The lowest BCUT2D eigenvalue weighted by molar-refractivity contribution is -0.122. The quantitative estimate of drug-likeness (QED) is 0.853. The van der Waals surface area contributed by atoms with E-state index in [1.807, 2.05) is 0 Å². The van der Waals surface area contributed by atoms with Crippen LogP contribution in [0.3, 0.4) is 0 Å². The third-order valence-electron chi connectivity index (χ3n) is 3.27. The van der Waals surface area contributed by atoms with Crippen LogP contribution in [-0.2, 0) is 4.79 Å². The van der Waals surface area contributed by atoms with Gasteiger partial charge in [-0.1, -0.05) is 6.07 Å². The second-order valence-electron chi connectivity index (χ2n) is 4.66. The first-order valence-electron chi connectivity index (χ1n) is 6.01. The van der Waals surface area contributed by atoms with Crippen LogP contribution in [0, 0.1) is 17.6 Å². The van der Waals surface area contributed by atoms with Gasteiger partial charge in [0.1, 0.15) is 0 Å². The summed E-state index contributed by atoms with van der Waals surface area (Å²) in [5.74, 6) is -1.98. The van der Waals surface area contributed by atoms with Gasteiger partial charge in [-0.25, -0.2) is 8.78 Å². The first-order chi connectivity index (χ1) is 8.58. The molecule has 1 saturated heterocycles. The Hall–Kier alpha value is -1.49. The average Bonchev–Trinajstić information content (AvgIpc) is 2.29. The van der Waals surface area contributed by atoms with E-state index in [0.717, 1.165) is 25.2 Å². The Balaban J connectivity index is 1.93. The standard InChI is InChI=1S/C13H16F2N2O/c1-8(10-2-3-11(14)12(15)4-10)13(18)17-7-9-5-16-6-9/h2-4,8-9,16H,5-7H2,1H3,(H,17,18). The smallest absolute Gasteiger partial charge is 0.227 e. The second-order valence-corrected chi connectivity index (χ2v) is 4.66. The summed E-state index contributed by atoms with van der Waals surface area (Å²) in [7, 11) is 0. The van der Waals surface area contributed by atoms with E-state index in [4.69, 9.17) is 0 Å². The number of carbonyl (C=O) groups is 1. The number of hydrogen-bond acceptors (Lipinski definition) is 2. The van der Waals surface area contributed by atoms with Crippen molar-refractivity contribution in [3.8, 4) is 0 Å². The van der Waals surface area contributed by atoms with Gasteiger partial charge in [0.25, 0.3) is 0 Å². The van der Waals surface area contributed by atoms with E-state index in [1.54, 1.807) is 6.92 Å². The van der Waals surface area contributed by atoms with Crippen LogP contribution in [0.15, 0.2) is 18.2 Å². The molecule has 98 valence electrons. The van der Waals surface area contributed by atoms with Crippen LogP contribution >= 0.6 is 0 Å². The molecule has 18 heavy (non-hydrogen) atoms. The zero-order chi connectivity index (χ0) is 13.1. The highest BCUT2D eigenvalue weighted by molar-refractivity contribution is 5.83. The normalized spacial score (nSPS) is 17.1. The first-order valence-corrected chi connectivity index (χ1v) is 6.01. The van der Waals surface area contributed by atoms with E-state index < -0.39 is 17.6 Å². The molecule has 3 nitrogen and oxygen atoms in total. The molecule has 0 bridgehead atoms. The Kier molecular flexibility index (Phi) is 3.91. The number of hydrogen-bond donors (Lipinski definition) is 2. The number of amides is 1. The van der Waals surface area contributed by atoms with Gasteiger partial charge in [0.2, 0.25) is 5.91 Å². The van der Waals surface area contributed by atoms with Gasteiger partial charge in [-0.2, -0.15) is 0 Å². The summed E-state index contributed by atoms with van der Waals surface area (Å²) in [6, 6.07) is 3.56. The summed E-state index contributed by atoms with van der Waals surface area (Å²) in [5, 5.41) is 5.94. The Morgan fingerprint density at radius 2 is 2.17 bits per heavy atom. The van der Waals surface area contributed by atoms with E-state index in [2.05, 4.69) is 10.6 Å². The molecule has 0 aromatic heterocycles. The number of halogens is 2. The Bertz CT molecular complexity index is 447. The Labute approximate surface area is 105 Å². The topological polar surface area (TPSA) is 41.1 Å². The molecule has 1 unspecified atom stereocenters. The summed E-state index contributed by atoms with van der Waals surface area (Å²) < 4.78 is 25.9. The molecule has 1 atom stereocenters. The maximum atomic E-state index is 13.1. The van der Waals surface area contributed by atoms with Crippen LogP contribution in [0.2, 0.25) is 0 Å². The highest BCUT2D eigenvalue weighted by Gasteiger charge is 2.20. The molecule has 5 heteroatoms. The zero-order valence-electron chi connectivity index (χ0n) is 10.2. The highest BCUT2D eigenvalue weighted by atomic mass is 19.2.